The fourth-order valence-corrected chi connectivity index (χ4v) is 3.70. The zero-order valence-corrected chi connectivity index (χ0v) is 12.9. The Morgan fingerprint density at radius 3 is 3.05 bits per heavy atom. The molecule has 0 spiro atoms. The number of hydrogen-bond donors (Lipinski definition) is 0. The fourth-order valence-electron chi connectivity index (χ4n) is 3.70. The molecule has 2 atom stereocenters. The van der Waals surface area contributed by atoms with Crippen LogP contribution in [0.1, 0.15) is 49.8 Å². The van der Waals surface area contributed by atoms with E-state index in [-0.39, 0.29) is 6.10 Å². The number of nitrogens with zero attached hydrogens (tertiary/aromatic N) is 1. The number of likely N-dealkylation sites (tertiary alicyclic amines) is 1. The Morgan fingerprint density at radius 2 is 2.19 bits per heavy atom. The Morgan fingerprint density at radius 1 is 1.33 bits per heavy atom. The summed E-state index contributed by atoms with van der Waals surface area (Å²) in [7, 11) is 0. The summed E-state index contributed by atoms with van der Waals surface area (Å²) in [5, 5.41) is 0. The van der Waals surface area contributed by atoms with Crippen molar-refractivity contribution < 1.29 is 9.53 Å². The van der Waals surface area contributed by atoms with Crippen LogP contribution in [0.2, 0.25) is 0 Å². The third kappa shape index (κ3) is 3.53. The Labute approximate surface area is 127 Å². The molecule has 1 saturated heterocycles. The van der Waals surface area contributed by atoms with Crippen LogP contribution in [0.4, 0.5) is 0 Å². The zero-order chi connectivity index (χ0) is 14.7. The van der Waals surface area contributed by atoms with Gasteiger partial charge in [0.1, 0.15) is 5.78 Å². The quantitative estimate of drug-likeness (QED) is 0.852. The van der Waals surface area contributed by atoms with Gasteiger partial charge in [0, 0.05) is 19.0 Å². The number of piperidine rings is 1. The first-order valence-electron chi connectivity index (χ1n) is 8.17. The molecule has 2 heterocycles. The van der Waals surface area contributed by atoms with E-state index >= 15 is 0 Å². The monoisotopic (exact) mass is 287 g/mol. The van der Waals surface area contributed by atoms with Gasteiger partial charge in [-0.05, 0) is 43.9 Å². The van der Waals surface area contributed by atoms with Gasteiger partial charge >= 0.3 is 0 Å². The molecule has 0 saturated carbocycles. The molecular weight excluding hydrogens is 262 g/mol. The van der Waals surface area contributed by atoms with Crippen LogP contribution in [0.25, 0.3) is 0 Å². The number of carbonyl (C=O) groups excluding carboxylic acids is 1. The lowest BCUT2D eigenvalue weighted by molar-refractivity contribution is -0.118. The molecule has 1 aromatic carbocycles. The van der Waals surface area contributed by atoms with E-state index in [4.69, 9.17) is 4.74 Å². The van der Waals surface area contributed by atoms with E-state index in [9.17, 15) is 4.79 Å². The van der Waals surface area contributed by atoms with Gasteiger partial charge in [0.2, 0.25) is 0 Å². The lowest BCUT2D eigenvalue weighted by Crippen LogP contribution is -2.43. The minimum absolute atomic E-state index is 0.169. The largest absolute Gasteiger partial charge is 0.372 e. The van der Waals surface area contributed by atoms with Gasteiger partial charge in [-0.15, -0.1) is 0 Å². The highest BCUT2D eigenvalue weighted by Crippen LogP contribution is 2.30. The third-order valence-electron chi connectivity index (χ3n) is 4.76. The SMILES string of the molecule is CC(=O)CC1CCCCN1CC1OCCc2ccccc21. The topological polar surface area (TPSA) is 29.5 Å². The van der Waals surface area contributed by atoms with E-state index in [1.165, 1.54) is 24.0 Å². The van der Waals surface area contributed by atoms with Gasteiger partial charge in [0.05, 0.1) is 12.7 Å². The molecule has 114 valence electrons. The maximum absolute atomic E-state index is 11.5. The number of ketones is 1. The molecule has 2 aliphatic rings. The van der Waals surface area contributed by atoms with Gasteiger partial charge in [-0.25, -0.2) is 0 Å². The maximum Gasteiger partial charge on any atom is 0.131 e. The van der Waals surface area contributed by atoms with Gasteiger partial charge in [-0.3, -0.25) is 9.69 Å². The van der Waals surface area contributed by atoms with E-state index in [0.717, 1.165) is 32.5 Å². The minimum Gasteiger partial charge on any atom is -0.372 e. The Bertz CT molecular complexity index is 500. The van der Waals surface area contributed by atoms with Crippen molar-refractivity contribution in [3.05, 3.63) is 35.4 Å². The molecule has 2 unspecified atom stereocenters. The number of hydrogen-bond acceptors (Lipinski definition) is 3. The van der Waals surface area contributed by atoms with Crippen molar-refractivity contribution in [1.82, 2.24) is 4.90 Å². The van der Waals surface area contributed by atoms with Crippen molar-refractivity contribution in [1.29, 1.82) is 0 Å². The number of carbonyl (C=O) groups is 1. The smallest absolute Gasteiger partial charge is 0.131 e. The van der Waals surface area contributed by atoms with Crippen LogP contribution in [0.15, 0.2) is 24.3 Å². The highest BCUT2D eigenvalue weighted by Gasteiger charge is 2.28. The van der Waals surface area contributed by atoms with E-state index < -0.39 is 0 Å². The Hall–Kier alpha value is -1.19. The molecule has 0 aliphatic carbocycles. The molecule has 0 aromatic heterocycles. The first-order valence-corrected chi connectivity index (χ1v) is 8.17. The molecular formula is C18H25NO2. The third-order valence-corrected chi connectivity index (χ3v) is 4.76. The van der Waals surface area contributed by atoms with Crippen LogP contribution >= 0.6 is 0 Å². The summed E-state index contributed by atoms with van der Waals surface area (Å²) < 4.78 is 6.03. The number of rotatable bonds is 4. The maximum atomic E-state index is 11.5. The zero-order valence-electron chi connectivity index (χ0n) is 12.9. The average Bonchev–Trinajstić information content (AvgIpc) is 2.49. The summed E-state index contributed by atoms with van der Waals surface area (Å²) in [6.07, 6.45) is 5.51. The lowest BCUT2D eigenvalue weighted by Gasteiger charge is -2.38. The van der Waals surface area contributed by atoms with Gasteiger partial charge in [0.25, 0.3) is 0 Å². The van der Waals surface area contributed by atoms with E-state index in [2.05, 4.69) is 29.2 Å². The summed E-state index contributed by atoms with van der Waals surface area (Å²) >= 11 is 0. The number of ether oxygens (including phenoxy) is 1. The van der Waals surface area contributed by atoms with Gasteiger partial charge < -0.3 is 4.74 Å². The van der Waals surface area contributed by atoms with Gasteiger partial charge in [-0.1, -0.05) is 30.7 Å². The minimum atomic E-state index is 0.169. The number of fused-ring (bicyclic) bond motifs is 1. The predicted octanol–water partition coefficient (Wildman–Crippen LogP) is 3.13. The summed E-state index contributed by atoms with van der Waals surface area (Å²) in [6, 6.07) is 9.04. The molecule has 0 bridgehead atoms. The molecule has 2 aliphatic heterocycles. The molecule has 1 aromatic rings. The van der Waals surface area contributed by atoms with Crippen molar-refractivity contribution in [2.45, 2.75) is 51.2 Å². The van der Waals surface area contributed by atoms with E-state index in [0.29, 0.717) is 18.2 Å². The van der Waals surface area contributed by atoms with Crippen LogP contribution < -0.4 is 0 Å². The second-order valence-electron chi connectivity index (χ2n) is 6.36. The van der Waals surface area contributed by atoms with Crippen LogP contribution in [-0.4, -0.2) is 36.4 Å². The average molecular weight is 287 g/mol. The second-order valence-corrected chi connectivity index (χ2v) is 6.36. The molecule has 3 rings (SSSR count). The molecule has 3 nitrogen and oxygen atoms in total. The Kier molecular flexibility index (Phi) is 4.71. The molecule has 21 heavy (non-hydrogen) atoms. The summed E-state index contributed by atoms with van der Waals surface area (Å²) in [6.45, 7) is 4.54. The van der Waals surface area contributed by atoms with Crippen molar-refractivity contribution >= 4 is 5.78 Å². The number of Topliss-reactive ketones (excluding diaryl/α,β-unsaturated/α-hetero) is 1. The Balaban J connectivity index is 1.72. The van der Waals surface area contributed by atoms with Crippen molar-refractivity contribution in [3.63, 3.8) is 0 Å². The normalized spacial score (nSPS) is 26.3. The first-order chi connectivity index (χ1) is 10.2. The number of benzene rings is 1. The molecule has 0 N–H and O–H groups in total. The molecule has 0 amide bonds. The van der Waals surface area contributed by atoms with Gasteiger partial charge in [-0.2, -0.15) is 0 Å². The highest BCUT2D eigenvalue weighted by molar-refractivity contribution is 5.76. The van der Waals surface area contributed by atoms with Crippen LogP contribution in [0.5, 0.6) is 0 Å². The molecule has 1 fully saturated rings. The van der Waals surface area contributed by atoms with Gasteiger partial charge in [0.15, 0.2) is 0 Å². The molecule has 0 radical (unpaired) electrons. The van der Waals surface area contributed by atoms with Crippen molar-refractivity contribution in [3.8, 4) is 0 Å². The first kappa shape index (κ1) is 14.7. The van der Waals surface area contributed by atoms with Crippen LogP contribution in [0, 0.1) is 0 Å². The standard InChI is InChI=1S/C18H25NO2/c1-14(20)12-16-7-4-5-10-19(16)13-18-17-8-3-2-6-15(17)9-11-21-18/h2-3,6,8,16,18H,4-5,7,9-13H2,1H3. The highest BCUT2D eigenvalue weighted by atomic mass is 16.5. The van der Waals surface area contributed by atoms with Crippen LogP contribution in [0.3, 0.4) is 0 Å². The van der Waals surface area contributed by atoms with Crippen molar-refractivity contribution in [2.24, 2.45) is 0 Å². The summed E-state index contributed by atoms with van der Waals surface area (Å²) in [5.41, 5.74) is 2.77. The van der Waals surface area contributed by atoms with Crippen LogP contribution in [-0.2, 0) is 16.0 Å². The second kappa shape index (κ2) is 6.71. The summed E-state index contributed by atoms with van der Waals surface area (Å²) in [5.74, 6) is 0.303. The summed E-state index contributed by atoms with van der Waals surface area (Å²) in [4.78, 5) is 14.0. The van der Waals surface area contributed by atoms with E-state index in [1.54, 1.807) is 6.92 Å². The molecule has 3 heteroatoms. The fraction of sp³-hybridized carbons (Fsp3) is 0.611. The van der Waals surface area contributed by atoms with E-state index in [1.807, 2.05) is 0 Å². The lowest BCUT2D eigenvalue weighted by atomic mass is 9.94. The predicted molar refractivity (Wildman–Crippen MR) is 83.3 cm³/mol. The van der Waals surface area contributed by atoms with Crippen molar-refractivity contribution in [2.75, 3.05) is 19.7 Å².